The molecule has 6 aromatic rings. The highest BCUT2D eigenvalue weighted by Gasteiger charge is 2.15. The van der Waals surface area contributed by atoms with Crippen LogP contribution in [0.3, 0.4) is 0 Å². The van der Waals surface area contributed by atoms with E-state index in [1.807, 2.05) is 72.8 Å². The minimum atomic E-state index is -0.824. The van der Waals surface area contributed by atoms with E-state index in [0.29, 0.717) is 0 Å². The monoisotopic (exact) mass is 508 g/mol. The van der Waals surface area contributed by atoms with Gasteiger partial charge in [0.1, 0.15) is 0 Å². The molecule has 2 heterocycles. The number of nitrogens with zero attached hydrogens (tertiary/aromatic N) is 1. The van der Waals surface area contributed by atoms with Crippen LogP contribution in [0, 0.1) is 0 Å². The predicted molar refractivity (Wildman–Crippen MR) is 148 cm³/mol. The molecule has 0 spiro atoms. The van der Waals surface area contributed by atoms with Crippen LogP contribution in [-0.2, 0) is 0 Å². The Kier molecular flexibility index (Phi) is 5.97. The number of fused-ring (bicyclic) bond motifs is 2. The molecule has 4 aromatic carbocycles. The Labute approximate surface area is 213 Å². The van der Waals surface area contributed by atoms with Gasteiger partial charge >= 0.3 is 22.5 Å². The summed E-state index contributed by atoms with van der Waals surface area (Å²) in [7, 11) is 0. The van der Waals surface area contributed by atoms with Crippen LogP contribution in [0.4, 0.5) is 34.1 Å². The lowest BCUT2D eigenvalue weighted by Gasteiger charge is -2.25. The zero-order valence-electron chi connectivity index (χ0n) is 19.7. The van der Waals surface area contributed by atoms with Crippen molar-refractivity contribution in [1.82, 2.24) is 0 Å². The predicted octanol–water partition coefficient (Wildman–Crippen LogP) is 3.40. The summed E-state index contributed by atoms with van der Waals surface area (Å²) in [6.45, 7) is 0. The van der Waals surface area contributed by atoms with Gasteiger partial charge in [-0.2, -0.15) is 0 Å². The standard InChI is InChI=1S/C18H18N4.C10H2O6/c19-13-1-7-16(8-2-13)22(17-9-3-14(20)4-10-17)18-11-5-15(21)6-12-18;11-7-3-1-4-6(10(14)16-8(4)12)2-5(3)9(13)15-7/h1-12H,19-21H2;1-2H. The Bertz CT molecular complexity index is 1710. The molecule has 0 saturated heterocycles. The molecule has 10 heteroatoms. The minimum absolute atomic E-state index is 0.0181. The molecule has 188 valence electrons. The van der Waals surface area contributed by atoms with Gasteiger partial charge in [0.15, 0.2) is 0 Å². The number of anilines is 6. The third kappa shape index (κ3) is 4.49. The molecule has 0 radical (unpaired) electrons. The van der Waals surface area contributed by atoms with E-state index in [0.717, 1.165) is 46.3 Å². The second-order valence-electron chi connectivity index (χ2n) is 8.41. The van der Waals surface area contributed by atoms with E-state index in [-0.39, 0.29) is 21.5 Å². The molecule has 0 saturated carbocycles. The maximum Gasteiger partial charge on any atom is 0.346 e. The van der Waals surface area contributed by atoms with Crippen LogP contribution in [0.5, 0.6) is 0 Å². The third-order valence-electron chi connectivity index (χ3n) is 5.86. The smallest absolute Gasteiger partial charge is 0.346 e. The van der Waals surface area contributed by atoms with E-state index >= 15 is 0 Å². The number of nitrogen functional groups attached to an aromatic ring is 3. The van der Waals surface area contributed by atoms with Crippen LogP contribution in [-0.4, -0.2) is 0 Å². The van der Waals surface area contributed by atoms with Gasteiger partial charge in [0.2, 0.25) is 0 Å². The first-order chi connectivity index (χ1) is 18.2. The number of benzene rings is 4. The molecule has 0 unspecified atom stereocenters. The van der Waals surface area contributed by atoms with Gasteiger partial charge in [0.25, 0.3) is 0 Å². The molecule has 0 amide bonds. The first-order valence-electron chi connectivity index (χ1n) is 11.3. The Morgan fingerprint density at radius 2 is 0.658 bits per heavy atom. The number of hydrogen-bond donors (Lipinski definition) is 3. The fraction of sp³-hybridized carbons (Fsp3) is 0. The first-order valence-corrected chi connectivity index (χ1v) is 11.3. The molecule has 0 aliphatic rings. The van der Waals surface area contributed by atoms with Crippen molar-refractivity contribution in [2.24, 2.45) is 0 Å². The van der Waals surface area contributed by atoms with E-state index in [4.69, 9.17) is 17.2 Å². The number of rotatable bonds is 3. The molecule has 0 fully saturated rings. The van der Waals surface area contributed by atoms with Crippen molar-refractivity contribution in [2.45, 2.75) is 0 Å². The van der Waals surface area contributed by atoms with Crippen molar-refractivity contribution >= 4 is 55.7 Å². The SMILES string of the molecule is Nc1ccc(N(c2ccc(N)cc2)c2ccc(N)cc2)cc1.O=c1oc(=O)c2cc3c(=O)oc(=O)c3cc12. The largest absolute Gasteiger partial charge is 0.399 e. The lowest BCUT2D eigenvalue weighted by atomic mass is 10.1. The van der Waals surface area contributed by atoms with Crippen LogP contribution >= 0.6 is 0 Å². The summed E-state index contributed by atoms with van der Waals surface area (Å²) in [4.78, 5) is 46.9. The second kappa shape index (κ2) is 9.43. The molecule has 0 aliphatic carbocycles. The molecular formula is C28H20N4O6. The van der Waals surface area contributed by atoms with Crippen LogP contribution in [0.2, 0.25) is 0 Å². The van der Waals surface area contributed by atoms with Gasteiger partial charge < -0.3 is 30.9 Å². The van der Waals surface area contributed by atoms with Crippen molar-refractivity contribution in [2.75, 3.05) is 22.1 Å². The summed E-state index contributed by atoms with van der Waals surface area (Å²) in [5.41, 5.74) is 19.3. The molecule has 0 bridgehead atoms. The molecule has 0 atom stereocenters. The Morgan fingerprint density at radius 3 is 0.895 bits per heavy atom. The van der Waals surface area contributed by atoms with E-state index in [9.17, 15) is 19.2 Å². The van der Waals surface area contributed by atoms with E-state index < -0.39 is 22.5 Å². The van der Waals surface area contributed by atoms with Gasteiger partial charge in [-0.05, 0) is 84.9 Å². The molecule has 10 nitrogen and oxygen atoms in total. The zero-order valence-corrected chi connectivity index (χ0v) is 19.7. The topological polar surface area (TPSA) is 176 Å². The number of hydrogen-bond acceptors (Lipinski definition) is 10. The van der Waals surface area contributed by atoms with E-state index in [1.54, 1.807) is 0 Å². The molecule has 6 rings (SSSR count). The summed E-state index contributed by atoms with van der Waals surface area (Å²) >= 11 is 0. The van der Waals surface area contributed by atoms with Crippen molar-refractivity contribution in [3.05, 3.63) is 127 Å². The van der Waals surface area contributed by atoms with Crippen LogP contribution in [0.1, 0.15) is 0 Å². The average molecular weight is 508 g/mol. The summed E-state index contributed by atoms with van der Waals surface area (Å²) in [5.74, 6) is 0. The fourth-order valence-electron chi connectivity index (χ4n) is 3.98. The number of nitrogens with two attached hydrogens (primary N) is 3. The maximum atomic E-state index is 11.2. The molecule has 38 heavy (non-hydrogen) atoms. The van der Waals surface area contributed by atoms with Gasteiger partial charge in [0.05, 0.1) is 21.5 Å². The normalized spacial score (nSPS) is 10.8. The minimum Gasteiger partial charge on any atom is -0.399 e. The molecule has 2 aromatic heterocycles. The van der Waals surface area contributed by atoms with E-state index in [2.05, 4.69) is 13.7 Å². The lowest BCUT2D eigenvalue weighted by Crippen LogP contribution is -2.10. The van der Waals surface area contributed by atoms with Crippen LogP contribution in [0.15, 0.2) is 113 Å². The van der Waals surface area contributed by atoms with Gasteiger partial charge in [0, 0.05) is 34.1 Å². The van der Waals surface area contributed by atoms with Crippen molar-refractivity contribution in [3.8, 4) is 0 Å². The van der Waals surface area contributed by atoms with Crippen LogP contribution in [0.25, 0.3) is 21.5 Å². The molecule has 0 aliphatic heterocycles. The molecular weight excluding hydrogens is 488 g/mol. The Hall–Kier alpha value is -5.64. The highest BCUT2D eigenvalue weighted by Crippen LogP contribution is 2.35. The van der Waals surface area contributed by atoms with Crippen molar-refractivity contribution in [1.29, 1.82) is 0 Å². The summed E-state index contributed by atoms with van der Waals surface area (Å²) in [6, 6.07) is 25.5. The maximum absolute atomic E-state index is 11.2. The Morgan fingerprint density at radius 1 is 0.421 bits per heavy atom. The highest BCUT2D eigenvalue weighted by atomic mass is 16.4. The fourth-order valence-corrected chi connectivity index (χ4v) is 3.98. The van der Waals surface area contributed by atoms with Gasteiger partial charge in [-0.25, -0.2) is 19.2 Å². The number of furan rings is 2. The van der Waals surface area contributed by atoms with Crippen LogP contribution < -0.4 is 44.6 Å². The zero-order chi connectivity index (χ0) is 27.0. The van der Waals surface area contributed by atoms with Gasteiger partial charge in [-0.1, -0.05) is 0 Å². The highest BCUT2D eigenvalue weighted by molar-refractivity contribution is 5.96. The summed E-state index contributed by atoms with van der Waals surface area (Å²) in [5, 5.41) is -0.0726. The van der Waals surface area contributed by atoms with E-state index in [1.165, 1.54) is 0 Å². The quantitative estimate of drug-likeness (QED) is 0.300. The Balaban J connectivity index is 0.000000162. The summed E-state index contributed by atoms with van der Waals surface area (Å²) in [6.07, 6.45) is 0. The summed E-state index contributed by atoms with van der Waals surface area (Å²) < 4.78 is 8.68. The van der Waals surface area contributed by atoms with Gasteiger partial charge in [-0.15, -0.1) is 0 Å². The van der Waals surface area contributed by atoms with Crippen molar-refractivity contribution in [3.63, 3.8) is 0 Å². The van der Waals surface area contributed by atoms with Gasteiger partial charge in [-0.3, -0.25) is 0 Å². The average Bonchev–Trinajstić information content (AvgIpc) is 3.35. The molecule has 6 N–H and O–H groups in total. The second-order valence-corrected chi connectivity index (χ2v) is 8.41. The first kappa shape index (κ1) is 24.1. The lowest BCUT2D eigenvalue weighted by molar-refractivity contribution is 0.498. The van der Waals surface area contributed by atoms with Crippen molar-refractivity contribution < 1.29 is 8.83 Å². The third-order valence-corrected chi connectivity index (χ3v) is 5.86.